The average Bonchev–Trinajstić information content (AvgIpc) is 2.70. The molecule has 0 radical (unpaired) electrons. The number of nitrogens with one attached hydrogen (secondary N) is 1. The molecule has 2 amide bonds. The number of rotatable bonds is 8. The van der Waals surface area contributed by atoms with E-state index in [0.29, 0.717) is 57.3 Å². The third-order valence-electron chi connectivity index (χ3n) is 4.82. The first kappa shape index (κ1) is 21.9. The van der Waals surface area contributed by atoms with E-state index in [2.05, 4.69) is 5.32 Å². The minimum atomic E-state index is -0.299. The number of piperidine rings is 1. The minimum Gasteiger partial charge on any atom is -0.490 e. The van der Waals surface area contributed by atoms with Crippen molar-refractivity contribution in [3.63, 3.8) is 0 Å². The molecule has 0 bridgehead atoms. The third kappa shape index (κ3) is 5.78. The second kappa shape index (κ2) is 10.8. The van der Waals surface area contributed by atoms with Crippen LogP contribution in [0.25, 0.3) is 0 Å². The number of likely N-dealkylation sites (tertiary alicyclic amines) is 1. The van der Waals surface area contributed by atoms with E-state index in [1.165, 1.54) is 0 Å². The molecule has 1 aliphatic rings. The molecule has 0 aromatic heterocycles. The maximum absolute atomic E-state index is 12.7. The van der Waals surface area contributed by atoms with E-state index in [-0.39, 0.29) is 24.0 Å². The molecule has 1 aromatic carbocycles. The van der Waals surface area contributed by atoms with Gasteiger partial charge in [0.2, 0.25) is 5.91 Å². The highest BCUT2D eigenvalue weighted by molar-refractivity contribution is 5.79. The Balaban J connectivity index is 1.93. The van der Waals surface area contributed by atoms with Crippen LogP contribution < -0.4 is 14.8 Å². The van der Waals surface area contributed by atoms with Crippen LogP contribution in [0.2, 0.25) is 0 Å². The Labute approximate surface area is 167 Å². The Kier molecular flexibility index (Phi) is 8.42. The molecule has 0 aliphatic carbocycles. The van der Waals surface area contributed by atoms with Gasteiger partial charge in [0.05, 0.1) is 25.9 Å². The van der Waals surface area contributed by atoms with E-state index in [0.717, 1.165) is 5.56 Å². The molecule has 1 fully saturated rings. The fourth-order valence-electron chi connectivity index (χ4n) is 3.29. The SMILES string of the molecule is CCOC(=O)N1CCC(C(=O)NC(C)c2ccc(OCC)c(OCC)c2)CC1. The summed E-state index contributed by atoms with van der Waals surface area (Å²) in [4.78, 5) is 26.1. The van der Waals surface area contributed by atoms with Gasteiger partial charge in [-0.05, 0) is 58.2 Å². The van der Waals surface area contributed by atoms with Crippen molar-refractivity contribution in [3.05, 3.63) is 23.8 Å². The fourth-order valence-corrected chi connectivity index (χ4v) is 3.29. The second-order valence-corrected chi connectivity index (χ2v) is 6.76. The van der Waals surface area contributed by atoms with Crippen LogP contribution in [-0.4, -0.2) is 49.8 Å². The van der Waals surface area contributed by atoms with Crippen molar-refractivity contribution in [3.8, 4) is 11.5 Å². The second-order valence-electron chi connectivity index (χ2n) is 6.76. The summed E-state index contributed by atoms with van der Waals surface area (Å²) >= 11 is 0. The van der Waals surface area contributed by atoms with Crippen LogP contribution in [0.15, 0.2) is 18.2 Å². The topological polar surface area (TPSA) is 77.1 Å². The summed E-state index contributed by atoms with van der Waals surface area (Å²) in [5.74, 6) is 1.31. The molecule has 1 atom stereocenters. The maximum Gasteiger partial charge on any atom is 0.409 e. The number of nitrogens with zero attached hydrogens (tertiary/aromatic N) is 1. The number of benzene rings is 1. The van der Waals surface area contributed by atoms with Crippen LogP contribution in [0.3, 0.4) is 0 Å². The molecule has 0 saturated carbocycles. The van der Waals surface area contributed by atoms with Gasteiger partial charge in [0, 0.05) is 19.0 Å². The van der Waals surface area contributed by atoms with E-state index in [1.54, 1.807) is 11.8 Å². The molecule has 156 valence electrons. The molecule has 28 heavy (non-hydrogen) atoms. The van der Waals surface area contributed by atoms with E-state index < -0.39 is 0 Å². The van der Waals surface area contributed by atoms with Crippen molar-refractivity contribution in [2.75, 3.05) is 32.9 Å². The summed E-state index contributed by atoms with van der Waals surface area (Å²) in [6.45, 7) is 10.2. The monoisotopic (exact) mass is 392 g/mol. The lowest BCUT2D eigenvalue weighted by atomic mass is 9.95. The Morgan fingerprint density at radius 2 is 1.71 bits per heavy atom. The molecule has 1 aromatic rings. The van der Waals surface area contributed by atoms with Crippen molar-refractivity contribution >= 4 is 12.0 Å². The van der Waals surface area contributed by atoms with Gasteiger partial charge in [0.25, 0.3) is 0 Å². The summed E-state index contributed by atoms with van der Waals surface area (Å²) in [5.41, 5.74) is 0.962. The Morgan fingerprint density at radius 1 is 1.07 bits per heavy atom. The van der Waals surface area contributed by atoms with Crippen molar-refractivity contribution < 1.29 is 23.8 Å². The summed E-state index contributed by atoms with van der Waals surface area (Å²) in [7, 11) is 0. The van der Waals surface area contributed by atoms with E-state index in [9.17, 15) is 9.59 Å². The smallest absolute Gasteiger partial charge is 0.409 e. The van der Waals surface area contributed by atoms with Gasteiger partial charge in [-0.25, -0.2) is 4.79 Å². The summed E-state index contributed by atoms with van der Waals surface area (Å²) in [6.07, 6.45) is 0.989. The van der Waals surface area contributed by atoms with Crippen molar-refractivity contribution in [2.24, 2.45) is 5.92 Å². The molecule has 1 unspecified atom stereocenters. The van der Waals surface area contributed by atoms with Gasteiger partial charge < -0.3 is 24.4 Å². The minimum absolute atomic E-state index is 0.0165. The molecule has 1 saturated heterocycles. The molecule has 2 rings (SSSR count). The molecule has 1 N–H and O–H groups in total. The van der Waals surface area contributed by atoms with Crippen LogP contribution in [0.1, 0.15) is 52.1 Å². The molecular formula is C21H32N2O5. The van der Waals surface area contributed by atoms with Crippen molar-refractivity contribution in [1.29, 1.82) is 0 Å². The predicted octanol–water partition coefficient (Wildman–Crippen LogP) is 3.53. The van der Waals surface area contributed by atoms with Gasteiger partial charge in [-0.2, -0.15) is 0 Å². The predicted molar refractivity (Wildman–Crippen MR) is 107 cm³/mol. The quantitative estimate of drug-likeness (QED) is 0.732. The first-order chi connectivity index (χ1) is 13.5. The molecular weight excluding hydrogens is 360 g/mol. The highest BCUT2D eigenvalue weighted by Gasteiger charge is 2.28. The number of carbonyl (C=O) groups is 2. The lowest BCUT2D eigenvalue weighted by molar-refractivity contribution is -0.127. The molecule has 0 spiro atoms. The Bertz CT molecular complexity index is 656. The normalized spacial score (nSPS) is 15.6. The number of hydrogen-bond acceptors (Lipinski definition) is 5. The van der Waals surface area contributed by atoms with Crippen LogP contribution in [0, 0.1) is 5.92 Å². The Hall–Kier alpha value is -2.44. The fraction of sp³-hybridized carbons (Fsp3) is 0.619. The number of hydrogen-bond donors (Lipinski definition) is 1. The van der Waals surface area contributed by atoms with Crippen LogP contribution in [0.4, 0.5) is 4.79 Å². The summed E-state index contributed by atoms with van der Waals surface area (Å²) < 4.78 is 16.3. The van der Waals surface area contributed by atoms with E-state index in [4.69, 9.17) is 14.2 Å². The highest BCUT2D eigenvalue weighted by Crippen LogP contribution is 2.31. The highest BCUT2D eigenvalue weighted by atomic mass is 16.6. The van der Waals surface area contributed by atoms with Gasteiger partial charge in [-0.1, -0.05) is 6.07 Å². The van der Waals surface area contributed by atoms with Crippen LogP contribution in [0.5, 0.6) is 11.5 Å². The van der Waals surface area contributed by atoms with E-state index >= 15 is 0 Å². The first-order valence-corrected chi connectivity index (χ1v) is 10.1. The van der Waals surface area contributed by atoms with Crippen LogP contribution in [-0.2, 0) is 9.53 Å². The number of carbonyl (C=O) groups excluding carboxylic acids is 2. The standard InChI is InChI=1S/C21H32N2O5/c1-5-26-18-9-8-17(14-19(18)27-6-2)15(4)22-20(24)16-10-12-23(13-11-16)21(25)28-7-3/h8-9,14-16H,5-7,10-13H2,1-4H3,(H,22,24). The zero-order valence-electron chi connectivity index (χ0n) is 17.3. The molecule has 1 aliphatic heterocycles. The number of amides is 2. The molecule has 7 nitrogen and oxygen atoms in total. The van der Waals surface area contributed by atoms with Gasteiger partial charge in [-0.15, -0.1) is 0 Å². The molecule has 1 heterocycles. The first-order valence-electron chi connectivity index (χ1n) is 10.1. The summed E-state index contributed by atoms with van der Waals surface area (Å²) in [6, 6.07) is 5.60. The van der Waals surface area contributed by atoms with Gasteiger partial charge >= 0.3 is 6.09 Å². The summed E-state index contributed by atoms with van der Waals surface area (Å²) in [5, 5.41) is 3.09. The lowest BCUT2D eigenvalue weighted by Crippen LogP contribution is -2.43. The van der Waals surface area contributed by atoms with E-state index in [1.807, 2.05) is 39.0 Å². The zero-order valence-corrected chi connectivity index (χ0v) is 17.3. The average molecular weight is 392 g/mol. The van der Waals surface area contributed by atoms with Gasteiger partial charge in [-0.3, -0.25) is 4.79 Å². The van der Waals surface area contributed by atoms with Crippen molar-refractivity contribution in [2.45, 2.75) is 46.6 Å². The number of ether oxygens (including phenoxy) is 3. The lowest BCUT2D eigenvalue weighted by Gasteiger charge is -2.31. The van der Waals surface area contributed by atoms with Gasteiger partial charge in [0.15, 0.2) is 11.5 Å². The van der Waals surface area contributed by atoms with Gasteiger partial charge in [0.1, 0.15) is 0 Å². The third-order valence-corrected chi connectivity index (χ3v) is 4.82. The van der Waals surface area contributed by atoms with Crippen molar-refractivity contribution in [1.82, 2.24) is 10.2 Å². The largest absolute Gasteiger partial charge is 0.490 e. The van der Waals surface area contributed by atoms with Crippen LogP contribution >= 0.6 is 0 Å². The Morgan fingerprint density at radius 3 is 2.32 bits per heavy atom. The maximum atomic E-state index is 12.7. The zero-order chi connectivity index (χ0) is 20.5. The molecule has 7 heteroatoms.